The third-order valence-electron chi connectivity index (χ3n) is 0.858. The average molecular weight is 264 g/mol. The second-order valence-electron chi connectivity index (χ2n) is 2.44. The summed E-state index contributed by atoms with van der Waals surface area (Å²) >= 11 is 0. The summed E-state index contributed by atoms with van der Waals surface area (Å²) in [6.07, 6.45) is 0. The van der Waals surface area contributed by atoms with Crippen LogP contribution in [0.25, 0.3) is 0 Å². The quantitative estimate of drug-likeness (QED) is 0.274. The van der Waals surface area contributed by atoms with Crippen LogP contribution in [-0.2, 0) is 12.7 Å². The standard InChI is InChI=1S/C2H12O9Si3/c1-9-13(5,6)11-14(7,8)10-12(2,3)4/h3-8H,1-2H3. The van der Waals surface area contributed by atoms with Crippen LogP contribution >= 0.6 is 0 Å². The molecular formula is C2H12O9Si3. The fourth-order valence-electron chi connectivity index (χ4n) is 0.488. The van der Waals surface area contributed by atoms with Crippen LogP contribution in [0.5, 0.6) is 0 Å². The Morgan fingerprint density at radius 1 is 0.786 bits per heavy atom. The Bertz CT molecular complexity index is 185. The summed E-state index contributed by atoms with van der Waals surface area (Å²) in [4.78, 5) is 52.9. The second kappa shape index (κ2) is 4.43. The summed E-state index contributed by atoms with van der Waals surface area (Å²) in [5.74, 6) is 0. The van der Waals surface area contributed by atoms with Gasteiger partial charge >= 0.3 is 26.9 Å². The maximum absolute atomic E-state index is 8.92. The highest BCUT2D eigenvalue weighted by Gasteiger charge is 2.54. The summed E-state index contributed by atoms with van der Waals surface area (Å²) in [7, 11) is -13.0. The van der Waals surface area contributed by atoms with Gasteiger partial charge in [0.05, 0.1) is 0 Å². The zero-order chi connectivity index (χ0) is 11.6. The van der Waals surface area contributed by atoms with Crippen LogP contribution in [0, 0.1) is 0 Å². The number of hydrogen-bond donors (Lipinski definition) is 6. The topological polar surface area (TPSA) is 149 Å². The summed E-state index contributed by atoms with van der Waals surface area (Å²) < 4.78 is 11.9. The second-order valence-corrected chi connectivity index (χ2v) is 8.54. The molecule has 0 bridgehead atoms. The largest absolute Gasteiger partial charge is 0.668 e. The van der Waals surface area contributed by atoms with Crippen LogP contribution in [0.15, 0.2) is 0 Å². The Hall–Kier alpha value is 0.291. The molecule has 14 heavy (non-hydrogen) atoms. The lowest BCUT2D eigenvalue weighted by Gasteiger charge is -2.25. The van der Waals surface area contributed by atoms with Gasteiger partial charge in [0.2, 0.25) is 0 Å². The molecule has 0 aromatic carbocycles. The van der Waals surface area contributed by atoms with E-state index in [2.05, 4.69) is 12.7 Å². The van der Waals surface area contributed by atoms with Crippen molar-refractivity contribution in [3.05, 3.63) is 0 Å². The molecule has 0 aliphatic heterocycles. The zero-order valence-corrected chi connectivity index (χ0v) is 10.4. The average Bonchev–Trinajstić information content (AvgIpc) is 1.78. The molecule has 0 radical (unpaired) electrons. The van der Waals surface area contributed by atoms with E-state index in [-0.39, 0.29) is 0 Å². The van der Waals surface area contributed by atoms with Crippen molar-refractivity contribution in [2.24, 2.45) is 0 Å². The molecule has 0 saturated carbocycles. The van der Waals surface area contributed by atoms with Crippen molar-refractivity contribution >= 4 is 26.9 Å². The first-order valence-electron chi connectivity index (χ1n) is 3.27. The number of hydrogen-bond acceptors (Lipinski definition) is 9. The smallest absolute Gasteiger partial charge is 0.390 e. The highest BCUT2D eigenvalue weighted by atomic mass is 28.5. The fraction of sp³-hybridized carbons (Fsp3) is 1.00. The molecule has 0 aliphatic rings. The van der Waals surface area contributed by atoms with E-state index in [0.717, 1.165) is 13.7 Å². The van der Waals surface area contributed by atoms with Crippen LogP contribution in [0.1, 0.15) is 0 Å². The van der Waals surface area contributed by atoms with Gasteiger partial charge in [-0.25, -0.2) is 0 Å². The van der Waals surface area contributed by atoms with Gasteiger partial charge in [0.15, 0.2) is 0 Å². The first-order chi connectivity index (χ1) is 5.97. The van der Waals surface area contributed by atoms with Gasteiger partial charge < -0.3 is 41.4 Å². The minimum absolute atomic E-state index is 0.815. The zero-order valence-electron chi connectivity index (χ0n) is 7.41. The van der Waals surface area contributed by atoms with Crippen LogP contribution in [0.2, 0.25) is 6.55 Å². The summed E-state index contributed by atoms with van der Waals surface area (Å²) in [5, 5.41) is 0. The first kappa shape index (κ1) is 14.3. The fourth-order valence-corrected chi connectivity index (χ4v) is 4.76. The molecule has 0 aromatic rings. The summed E-state index contributed by atoms with van der Waals surface area (Å²) in [6.45, 7) is 0.815. The molecule has 0 heterocycles. The molecule has 12 heteroatoms. The van der Waals surface area contributed by atoms with Crippen LogP contribution < -0.4 is 0 Å². The van der Waals surface area contributed by atoms with Crippen molar-refractivity contribution in [1.82, 2.24) is 0 Å². The van der Waals surface area contributed by atoms with Gasteiger partial charge in [-0.05, 0) is 0 Å². The monoisotopic (exact) mass is 264 g/mol. The molecule has 0 aliphatic carbocycles. The Balaban J connectivity index is 4.35. The van der Waals surface area contributed by atoms with Gasteiger partial charge in [-0.2, -0.15) is 0 Å². The molecular weight excluding hydrogens is 252 g/mol. The molecule has 0 amide bonds. The highest BCUT2D eigenvalue weighted by molar-refractivity contribution is 6.73. The third kappa shape index (κ3) is 6.70. The van der Waals surface area contributed by atoms with E-state index < -0.39 is 26.9 Å². The van der Waals surface area contributed by atoms with E-state index >= 15 is 0 Å². The van der Waals surface area contributed by atoms with Crippen molar-refractivity contribution in [3.63, 3.8) is 0 Å². The maximum Gasteiger partial charge on any atom is 0.668 e. The molecule has 9 nitrogen and oxygen atoms in total. The number of rotatable bonds is 5. The molecule has 0 rings (SSSR count). The Labute approximate surface area is 82.7 Å². The van der Waals surface area contributed by atoms with E-state index in [0.29, 0.717) is 0 Å². The summed E-state index contributed by atoms with van der Waals surface area (Å²) in [6, 6.07) is 0. The van der Waals surface area contributed by atoms with E-state index in [1.165, 1.54) is 0 Å². The van der Waals surface area contributed by atoms with Gasteiger partial charge in [0.25, 0.3) is 0 Å². The lowest BCUT2D eigenvalue weighted by Crippen LogP contribution is -2.60. The van der Waals surface area contributed by atoms with E-state index in [1.807, 2.05) is 0 Å². The Kier molecular flexibility index (Phi) is 4.52. The van der Waals surface area contributed by atoms with Crippen molar-refractivity contribution in [2.45, 2.75) is 6.55 Å². The van der Waals surface area contributed by atoms with Crippen molar-refractivity contribution in [3.8, 4) is 0 Å². The summed E-state index contributed by atoms with van der Waals surface area (Å²) in [5.41, 5.74) is 0. The van der Waals surface area contributed by atoms with E-state index in [4.69, 9.17) is 28.8 Å². The third-order valence-corrected chi connectivity index (χ3v) is 6.13. The molecule has 86 valence electrons. The molecule has 6 N–H and O–H groups in total. The lowest BCUT2D eigenvalue weighted by molar-refractivity contribution is 0.0190. The predicted molar refractivity (Wildman–Crippen MR) is 45.6 cm³/mol. The van der Waals surface area contributed by atoms with E-state index in [1.54, 1.807) is 0 Å². The maximum atomic E-state index is 8.92. The SMILES string of the molecule is CO[Si](O)(O)O[Si](O)(O)O[Si](C)(O)O. The Morgan fingerprint density at radius 3 is 1.50 bits per heavy atom. The Morgan fingerprint density at radius 2 is 1.21 bits per heavy atom. The predicted octanol–water partition coefficient (Wildman–Crippen LogP) is -3.94. The van der Waals surface area contributed by atoms with Gasteiger partial charge in [-0.3, -0.25) is 0 Å². The van der Waals surface area contributed by atoms with Crippen LogP contribution in [-0.4, -0.2) is 62.8 Å². The van der Waals surface area contributed by atoms with Gasteiger partial charge in [0, 0.05) is 13.7 Å². The van der Waals surface area contributed by atoms with Gasteiger partial charge in [-0.1, -0.05) is 0 Å². The van der Waals surface area contributed by atoms with Crippen molar-refractivity contribution in [1.29, 1.82) is 0 Å². The highest BCUT2D eigenvalue weighted by Crippen LogP contribution is 2.10. The first-order valence-corrected chi connectivity index (χ1v) is 9.00. The molecule has 0 fully saturated rings. The molecule has 0 spiro atoms. The van der Waals surface area contributed by atoms with E-state index in [9.17, 15) is 0 Å². The van der Waals surface area contributed by atoms with Crippen LogP contribution in [0.3, 0.4) is 0 Å². The normalized spacial score (nSPS) is 14.6. The van der Waals surface area contributed by atoms with Crippen LogP contribution in [0.4, 0.5) is 0 Å². The molecule has 0 saturated heterocycles. The molecule has 0 atom stereocenters. The molecule has 0 aromatic heterocycles. The molecule has 0 unspecified atom stereocenters. The minimum Gasteiger partial charge on any atom is -0.390 e. The van der Waals surface area contributed by atoms with Gasteiger partial charge in [-0.15, -0.1) is 0 Å². The lowest BCUT2D eigenvalue weighted by atomic mass is 11.8. The van der Waals surface area contributed by atoms with Crippen molar-refractivity contribution < 1.29 is 41.4 Å². The minimum atomic E-state index is -5.00. The van der Waals surface area contributed by atoms with Crippen molar-refractivity contribution in [2.75, 3.05) is 7.11 Å². The van der Waals surface area contributed by atoms with Gasteiger partial charge in [0.1, 0.15) is 0 Å².